The van der Waals surface area contributed by atoms with Crippen LogP contribution in [-0.2, 0) is 9.59 Å². The van der Waals surface area contributed by atoms with E-state index in [1.54, 1.807) is 17.0 Å². The first-order valence-electron chi connectivity index (χ1n) is 9.26. The second kappa shape index (κ2) is 8.41. The summed E-state index contributed by atoms with van der Waals surface area (Å²) in [7, 11) is 0. The average Bonchev–Trinajstić information content (AvgIpc) is 2.77. The molecule has 0 fully saturated rings. The molecule has 0 aliphatic carbocycles. The van der Waals surface area contributed by atoms with Crippen LogP contribution in [0.5, 0.6) is 5.75 Å². The third kappa shape index (κ3) is 4.12. The Bertz CT molecular complexity index is 1010. The van der Waals surface area contributed by atoms with Crippen LogP contribution in [0.25, 0.3) is 0 Å². The third-order valence-corrected chi connectivity index (χ3v) is 5.93. The zero-order valence-corrected chi connectivity index (χ0v) is 16.4. The number of rotatable bonds is 5. The Kier molecular flexibility index (Phi) is 5.53. The summed E-state index contributed by atoms with van der Waals surface area (Å²) >= 11 is 1.48. The van der Waals surface area contributed by atoms with Gasteiger partial charge in [-0.05, 0) is 29.8 Å². The molecule has 2 amide bonds. The minimum atomic E-state index is -0.882. The lowest BCUT2D eigenvalue weighted by Gasteiger charge is -2.35. The fourth-order valence-corrected chi connectivity index (χ4v) is 4.36. The van der Waals surface area contributed by atoms with Crippen LogP contribution in [0.15, 0.2) is 89.8 Å². The van der Waals surface area contributed by atoms with E-state index in [-0.39, 0.29) is 12.5 Å². The van der Waals surface area contributed by atoms with Gasteiger partial charge in [0.15, 0.2) is 6.10 Å². The molecule has 2 atom stereocenters. The Labute approximate surface area is 173 Å². The van der Waals surface area contributed by atoms with E-state index in [0.29, 0.717) is 11.4 Å². The lowest BCUT2D eigenvalue weighted by molar-refractivity contribution is -0.125. The van der Waals surface area contributed by atoms with Crippen molar-refractivity contribution in [2.75, 3.05) is 11.4 Å². The number of anilines is 1. The molecule has 0 radical (unpaired) electrons. The SMILES string of the molecule is NC(=O)C1CN(C(=O)C(Sc2ccccc2)c2ccccc2)c2ccccc2O1. The first-order chi connectivity index (χ1) is 14.1. The van der Waals surface area contributed by atoms with Gasteiger partial charge in [-0.3, -0.25) is 9.59 Å². The van der Waals surface area contributed by atoms with Gasteiger partial charge in [-0.25, -0.2) is 0 Å². The monoisotopic (exact) mass is 404 g/mol. The second-order valence-electron chi connectivity index (χ2n) is 6.65. The maximum atomic E-state index is 13.7. The molecule has 1 aliphatic heterocycles. The van der Waals surface area contributed by atoms with Gasteiger partial charge in [-0.15, -0.1) is 11.8 Å². The highest BCUT2D eigenvalue weighted by Gasteiger charge is 2.36. The van der Waals surface area contributed by atoms with Gasteiger partial charge in [0.1, 0.15) is 11.0 Å². The highest BCUT2D eigenvalue weighted by atomic mass is 32.2. The molecular weight excluding hydrogens is 384 g/mol. The summed E-state index contributed by atoms with van der Waals surface area (Å²) in [4.78, 5) is 28.2. The lowest BCUT2D eigenvalue weighted by Crippen LogP contribution is -2.50. The Morgan fingerprint density at radius 2 is 1.55 bits per heavy atom. The van der Waals surface area contributed by atoms with E-state index in [0.717, 1.165) is 10.5 Å². The number of amides is 2. The number of benzene rings is 3. The number of thioether (sulfide) groups is 1. The summed E-state index contributed by atoms with van der Waals surface area (Å²) in [6, 6.07) is 26.6. The summed E-state index contributed by atoms with van der Waals surface area (Å²) in [5.74, 6) is -0.233. The number of carbonyl (C=O) groups is 2. The van der Waals surface area contributed by atoms with Gasteiger partial charge in [0.25, 0.3) is 5.91 Å². The first kappa shape index (κ1) is 19.1. The predicted molar refractivity (Wildman–Crippen MR) is 114 cm³/mol. The van der Waals surface area contributed by atoms with Gasteiger partial charge in [0.2, 0.25) is 5.91 Å². The maximum Gasteiger partial charge on any atom is 0.260 e. The van der Waals surface area contributed by atoms with E-state index in [9.17, 15) is 9.59 Å². The molecule has 0 aromatic heterocycles. The Morgan fingerprint density at radius 1 is 0.931 bits per heavy atom. The van der Waals surface area contributed by atoms with Crippen molar-refractivity contribution in [3.8, 4) is 5.75 Å². The van der Waals surface area contributed by atoms with E-state index in [1.165, 1.54) is 11.8 Å². The number of primary amides is 1. The number of hydrogen-bond donors (Lipinski definition) is 1. The highest BCUT2D eigenvalue weighted by molar-refractivity contribution is 8.00. The summed E-state index contributed by atoms with van der Waals surface area (Å²) in [6.45, 7) is 0.0872. The molecule has 0 bridgehead atoms. The van der Waals surface area contributed by atoms with Crippen LogP contribution >= 0.6 is 11.8 Å². The van der Waals surface area contributed by atoms with Crippen molar-refractivity contribution in [2.24, 2.45) is 5.73 Å². The molecule has 2 N–H and O–H groups in total. The smallest absolute Gasteiger partial charge is 0.260 e. The van der Waals surface area contributed by atoms with E-state index < -0.39 is 17.3 Å². The van der Waals surface area contributed by atoms with E-state index >= 15 is 0 Å². The number of ether oxygens (including phenoxy) is 1. The Morgan fingerprint density at radius 3 is 2.24 bits per heavy atom. The minimum absolute atomic E-state index is 0.0872. The lowest BCUT2D eigenvalue weighted by atomic mass is 10.1. The minimum Gasteiger partial charge on any atom is -0.477 e. The molecule has 6 heteroatoms. The quantitative estimate of drug-likeness (QED) is 0.657. The van der Waals surface area contributed by atoms with E-state index in [4.69, 9.17) is 10.5 Å². The number of nitrogens with two attached hydrogens (primary N) is 1. The van der Waals surface area contributed by atoms with Gasteiger partial charge in [-0.1, -0.05) is 60.7 Å². The number of hydrogen-bond acceptors (Lipinski definition) is 4. The highest BCUT2D eigenvalue weighted by Crippen LogP contribution is 2.40. The second-order valence-corrected chi connectivity index (χ2v) is 7.83. The molecule has 0 spiro atoms. The normalized spacial score (nSPS) is 16.4. The molecule has 3 aromatic rings. The molecule has 2 unspecified atom stereocenters. The average molecular weight is 404 g/mol. The topological polar surface area (TPSA) is 72.6 Å². The number of fused-ring (bicyclic) bond motifs is 1. The number of para-hydroxylation sites is 2. The van der Waals surface area contributed by atoms with Crippen molar-refractivity contribution in [3.63, 3.8) is 0 Å². The number of carbonyl (C=O) groups excluding carboxylic acids is 2. The molecule has 4 rings (SSSR count). The van der Waals surface area contributed by atoms with Crippen LogP contribution in [0.2, 0.25) is 0 Å². The fraction of sp³-hybridized carbons (Fsp3) is 0.130. The molecule has 0 saturated heterocycles. The van der Waals surface area contributed by atoms with Crippen molar-refractivity contribution in [3.05, 3.63) is 90.5 Å². The van der Waals surface area contributed by atoms with Crippen molar-refractivity contribution in [2.45, 2.75) is 16.2 Å². The van der Waals surface area contributed by atoms with E-state index in [1.807, 2.05) is 72.8 Å². The third-order valence-electron chi connectivity index (χ3n) is 4.68. The summed E-state index contributed by atoms with van der Waals surface area (Å²) in [6.07, 6.45) is -0.882. The molecule has 0 saturated carbocycles. The summed E-state index contributed by atoms with van der Waals surface area (Å²) in [5, 5.41) is -0.474. The van der Waals surface area contributed by atoms with Crippen LogP contribution in [0.1, 0.15) is 10.8 Å². The molecule has 146 valence electrons. The van der Waals surface area contributed by atoms with Crippen molar-refractivity contribution in [1.29, 1.82) is 0 Å². The number of nitrogens with zero attached hydrogens (tertiary/aromatic N) is 1. The zero-order chi connectivity index (χ0) is 20.2. The van der Waals surface area contributed by atoms with Crippen LogP contribution in [0.3, 0.4) is 0 Å². The van der Waals surface area contributed by atoms with Gasteiger partial charge in [-0.2, -0.15) is 0 Å². The van der Waals surface area contributed by atoms with E-state index in [2.05, 4.69) is 0 Å². The molecule has 1 aliphatic rings. The standard InChI is InChI=1S/C23H20N2O3S/c24-22(26)20-15-25(18-13-7-8-14-19(18)28-20)23(27)21(16-9-3-1-4-10-16)29-17-11-5-2-6-12-17/h1-14,20-21H,15H2,(H2,24,26). The first-order valence-corrected chi connectivity index (χ1v) is 10.1. The van der Waals surface area contributed by atoms with Gasteiger partial charge in [0.05, 0.1) is 12.2 Å². The van der Waals surface area contributed by atoms with Crippen molar-refractivity contribution >= 4 is 29.3 Å². The Balaban J connectivity index is 1.72. The van der Waals surface area contributed by atoms with Crippen molar-refractivity contribution in [1.82, 2.24) is 0 Å². The molecular formula is C23H20N2O3S. The van der Waals surface area contributed by atoms with Crippen LogP contribution in [0, 0.1) is 0 Å². The van der Waals surface area contributed by atoms with Gasteiger partial charge in [0, 0.05) is 4.90 Å². The molecule has 3 aromatic carbocycles. The van der Waals surface area contributed by atoms with Crippen LogP contribution in [-0.4, -0.2) is 24.5 Å². The van der Waals surface area contributed by atoms with Gasteiger partial charge < -0.3 is 15.4 Å². The van der Waals surface area contributed by atoms with Crippen molar-refractivity contribution < 1.29 is 14.3 Å². The Hall–Kier alpha value is -3.25. The molecule has 5 nitrogen and oxygen atoms in total. The molecule has 1 heterocycles. The largest absolute Gasteiger partial charge is 0.477 e. The predicted octanol–water partition coefficient (Wildman–Crippen LogP) is 3.80. The summed E-state index contributed by atoms with van der Waals surface area (Å²) < 4.78 is 5.70. The summed E-state index contributed by atoms with van der Waals surface area (Å²) in [5.41, 5.74) is 7.03. The maximum absolute atomic E-state index is 13.7. The van der Waals surface area contributed by atoms with Gasteiger partial charge >= 0.3 is 0 Å². The zero-order valence-electron chi connectivity index (χ0n) is 15.6. The fourth-order valence-electron chi connectivity index (χ4n) is 3.26. The van der Waals surface area contributed by atoms with Crippen LogP contribution in [0.4, 0.5) is 5.69 Å². The molecule has 29 heavy (non-hydrogen) atoms. The van der Waals surface area contributed by atoms with Crippen LogP contribution < -0.4 is 15.4 Å².